The molecule has 0 aromatic heterocycles. The van der Waals surface area contributed by atoms with E-state index in [0.717, 1.165) is 18.4 Å². The number of carbonyl (C=O) groups excluding carboxylic acids is 1. The van der Waals surface area contributed by atoms with Crippen molar-refractivity contribution in [2.24, 2.45) is 0 Å². The van der Waals surface area contributed by atoms with Crippen molar-refractivity contribution in [2.75, 3.05) is 6.61 Å². The van der Waals surface area contributed by atoms with Crippen LogP contribution in [0.1, 0.15) is 55.9 Å². The van der Waals surface area contributed by atoms with Crippen LogP contribution in [0.25, 0.3) is 0 Å². The molecule has 0 amide bonds. The Labute approximate surface area is 123 Å². The van der Waals surface area contributed by atoms with Crippen LogP contribution >= 0.6 is 0 Å². The van der Waals surface area contributed by atoms with E-state index < -0.39 is 5.60 Å². The van der Waals surface area contributed by atoms with Crippen molar-refractivity contribution in [3.63, 3.8) is 0 Å². The van der Waals surface area contributed by atoms with Crippen molar-refractivity contribution in [2.45, 2.75) is 66.4 Å². The van der Waals surface area contributed by atoms with Crippen molar-refractivity contribution in [3.05, 3.63) is 34.4 Å². The first-order valence-electron chi connectivity index (χ1n) is 7.64. The van der Waals surface area contributed by atoms with Gasteiger partial charge in [0.15, 0.2) is 5.78 Å². The minimum Gasteiger partial charge on any atom is -0.368 e. The zero-order chi connectivity index (χ0) is 15.3. The van der Waals surface area contributed by atoms with Crippen molar-refractivity contribution >= 4 is 5.78 Å². The third-order valence-corrected chi connectivity index (χ3v) is 4.25. The average Bonchev–Trinajstić information content (AvgIpc) is 2.40. The minimum absolute atomic E-state index is 0.208. The smallest absolute Gasteiger partial charge is 0.168 e. The fourth-order valence-electron chi connectivity index (χ4n) is 3.02. The van der Waals surface area contributed by atoms with E-state index in [0.29, 0.717) is 13.0 Å². The highest BCUT2D eigenvalue weighted by Gasteiger charge is 2.35. The molecule has 1 rings (SSSR count). The summed E-state index contributed by atoms with van der Waals surface area (Å²) in [5, 5.41) is 0. The molecular formula is C18H28O2. The van der Waals surface area contributed by atoms with Crippen LogP contribution in [0.5, 0.6) is 0 Å². The summed E-state index contributed by atoms with van der Waals surface area (Å²) < 4.78 is 5.82. The SMILES string of the molecule is CCOC(CC)(CC)C(=O)Cc1c(C)cc(C)cc1C. The summed E-state index contributed by atoms with van der Waals surface area (Å²) in [6.45, 7) is 12.9. The Morgan fingerprint density at radius 3 is 1.95 bits per heavy atom. The second-order valence-electron chi connectivity index (χ2n) is 5.61. The quantitative estimate of drug-likeness (QED) is 0.741. The van der Waals surface area contributed by atoms with E-state index in [1.807, 2.05) is 20.8 Å². The zero-order valence-corrected chi connectivity index (χ0v) is 13.8. The lowest BCUT2D eigenvalue weighted by atomic mass is 9.85. The molecule has 0 radical (unpaired) electrons. The lowest BCUT2D eigenvalue weighted by molar-refractivity contribution is -0.144. The average molecular weight is 276 g/mol. The van der Waals surface area contributed by atoms with Gasteiger partial charge in [0.1, 0.15) is 5.60 Å². The van der Waals surface area contributed by atoms with Crippen molar-refractivity contribution in [3.8, 4) is 0 Å². The van der Waals surface area contributed by atoms with Gasteiger partial charge < -0.3 is 4.74 Å². The molecule has 20 heavy (non-hydrogen) atoms. The summed E-state index contributed by atoms with van der Waals surface area (Å²) in [6, 6.07) is 4.30. The lowest BCUT2D eigenvalue weighted by Crippen LogP contribution is -2.41. The maximum absolute atomic E-state index is 12.8. The summed E-state index contributed by atoms with van der Waals surface area (Å²) >= 11 is 0. The first-order valence-corrected chi connectivity index (χ1v) is 7.64. The maximum atomic E-state index is 12.8. The van der Waals surface area contributed by atoms with Crippen LogP contribution in [0, 0.1) is 20.8 Å². The first-order chi connectivity index (χ1) is 9.40. The van der Waals surface area contributed by atoms with Crippen LogP contribution in [0.2, 0.25) is 0 Å². The summed E-state index contributed by atoms with van der Waals surface area (Å²) in [5.74, 6) is 0.208. The summed E-state index contributed by atoms with van der Waals surface area (Å²) in [5.41, 5.74) is 4.20. The van der Waals surface area contributed by atoms with Crippen LogP contribution in [0.4, 0.5) is 0 Å². The number of aryl methyl sites for hydroxylation is 3. The molecule has 0 unspecified atom stereocenters. The number of rotatable bonds is 7. The molecule has 0 saturated heterocycles. The van der Waals surface area contributed by atoms with E-state index in [9.17, 15) is 4.79 Å². The van der Waals surface area contributed by atoms with Crippen molar-refractivity contribution < 1.29 is 9.53 Å². The van der Waals surface area contributed by atoms with E-state index in [2.05, 4.69) is 32.9 Å². The minimum atomic E-state index is -0.613. The molecule has 0 fully saturated rings. The number of ketones is 1. The Bertz CT molecular complexity index is 447. The Hall–Kier alpha value is -1.15. The van der Waals surface area contributed by atoms with Crippen LogP contribution in [0.15, 0.2) is 12.1 Å². The summed E-state index contributed by atoms with van der Waals surface area (Å²) in [6.07, 6.45) is 1.94. The molecule has 1 aromatic carbocycles. The van der Waals surface area contributed by atoms with Crippen molar-refractivity contribution in [1.29, 1.82) is 0 Å². The highest BCUT2D eigenvalue weighted by Crippen LogP contribution is 2.26. The second-order valence-corrected chi connectivity index (χ2v) is 5.61. The van der Waals surface area contributed by atoms with E-state index in [1.54, 1.807) is 0 Å². The van der Waals surface area contributed by atoms with E-state index in [-0.39, 0.29) is 5.78 Å². The van der Waals surface area contributed by atoms with Crippen LogP contribution < -0.4 is 0 Å². The molecule has 2 nitrogen and oxygen atoms in total. The molecule has 0 N–H and O–H groups in total. The van der Waals surface area contributed by atoms with E-state index in [1.165, 1.54) is 16.7 Å². The normalized spacial score (nSPS) is 11.7. The number of hydrogen-bond acceptors (Lipinski definition) is 2. The number of carbonyl (C=O) groups is 1. The maximum Gasteiger partial charge on any atom is 0.168 e. The van der Waals surface area contributed by atoms with Crippen LogP contribution in [0.3, 0.4) is 0 Å². The standard InChI is InChI=1S/C18H28O2/c1-7-18(8-2,20-9-3)17(19)12-16-14(5)10-13(4)11-15(16)6/h10-11H,7-9,12H2,1-6H3. The van der Waals surface area contributed by atoms with E-state index in [4.69, 9.17) is 4.74 Å². The topological polar surface area (TPSA) is 26.3 Å². The number of hydrogen-bond donors (Lipinski definition) is 0. The molecule has 0 spiro atoms. The van der Waals surface area contributed by atoms with Gasteiger partial charge in [-0.1, -0.05) is 31.5 Å². The van der Waals surface area contributed by atoms with Gasteiger partial charge in [0, 0.05) is 13.0 Å². The Kier molecular flexibility index (Phi) is 5.94. The molecule has 0 bridgehead atoms. The largest absolute Gasteiger partial charge is 0.368 e. The Balaban J connectivity index is 3.06. The third kappa shape index (κ3) is 3.49. The molecule has 0 heterocycles. The van der Waals surface area contributed by atoms with Gasteiger partial charge in [0.2, 0.25) is 0 Å². The second kappa shape index (κ2) is 7.03. The molecule has 0 atom stereocenters. The Morgan fingerprint density at radius 2 is 1.55 bits per heavy atom. The molecule has 112 valence electrons. The predicted octanol–water partition coefficient (Wildman–Crippen LogP) is 4.32. The van der Waals surface area contributed by atoms with Crippen molar-refractivity contribution in [1.82, 2.24) is 0 Å². The van der Waals surface area contributed by atoms with Crippen LogP contribution in [-0.2, 0) is 16.0 Å². The fourth-order valence-corrected chi connectivity index (χ4v) is 3.02. The van der Waals surface area contributed by atoms with Gasteiger partial charge in [0.05, 0.1) is 0 Å². The molecule has 0 aliphatic heterocycles. The van der Waals surface area contributed by atoms with Gasteiger partial charge in [0.25, 0.3) is 0 Å². The molecule has 2 heteroatoms. The summed E-state index contributed by atoms with van der Waals surface area (Å²) in [4.78, 5) is 12.8. The number of Topliss-reactive ketones (excluding diaryl/α,β-unsaturated/α-hetero) is 1. The molecule has 0 aliphatic rings. The third-order valence-electron chi connectivity index (χ3n) is 4.25. The monoisotopic (exact) mass is 276 g/mol. The Morgan fingerprint density at radius 1 is 1.05 bits per heavy atom. The zero-order valence-electron chi connectivity index (χ0n) is 13.8. The predicted molar refractivity (Wildman–Crippen MR) is 84.3 cm³/mol. The highest BCUT2D eigenvalue weighted by atomic mass is 16.5. The van der Waals surface area contributed by atoms with Gasteiger partial charge in [-0.15, -0.1) is 0 Å². The molecule has 0 aliphatic carbocycles. The first kappa shape index (κ1) is 16.9. The number of benzene rings is 1. The molecular weight excluding hydrogens is 248 g/mol. The fraction of sp³-hybridized carbons (Fsp3) is 0.611. The molecule has 0 saturated carbocycles. The molecule has 1 aromatic rings. The van der Waals surface area contributed by atoms with Gasteiger partial charge in [-0.25, -0.2) is 0 Å². The van der Waals surface area contributed by atoms with E-state index >= 15 is 0 Å². The number of ether oxygens (including phenoxy) is 1. The summed E-state index contributed by atoms with van der Waals surface area (Å²) in [7, 11) is 0. The van der Waals surface area contributed by atoms with Gasteiger partial charge in [-0.2, -0.15) is 0 Å². The van der Waals surface area contributed by atoms with Crippen LogP contribution in [-0.4, -0.2) is 18.0 Å². The van der Waals surface area contributed by atoms with Gasteiger partial charge in [-0.3, -0.25) is 4.79 Å². The lowest BCUT2D eigenvalue weighted by Gasteiger charge is -2.30. The van der Waals surface area contributed by atoms with Gasteiger partial charge >= 0.3 is 0 Å². The highest BCUT2D eigenvalue weighted by molar-refractivity contribution is 5.89. The van der Waals surface area contributed by atoms with Gasteiger partial charge in [-0.05, 0) is 57.2 Å².